The van der Waals surface area contributed by atoms with Crippen LogP contribution in [0.15, 0.2) is 40.2 Å². The molecule has 4 nitrogen and oxygen atoms in total. The molecule has 0 bridgehead atoms. The Bertz CT molecular complexity index is 477. The minimum Gasteiger partial charge on any atom is -0.355 e. The molecule has 1 aliphatic rings. The molecule has 1 aromatic rings. The second kappa shape index (κ2) is 9.83. The highest BCUT2D eigenvalue weighted by atomic mass is 32.2. The van der Waals surface area contributed by atoms with Crippen LogP contribution in [-0.2, 0) is 0 Å². The van der Waals surface area contributed by atoms with E-state index in [1.165, 1.54) is 24.3 Å². The van der Waals surface area contributed by atoms with Gasteiger partial charge in [-0.25, -0.2) is 0 Å². The van der Waals surface area contributed by atoms with Gasteiger partial charge in [-0.3, -0.25) is 9.89 Å². The van der Waals surface area contributed by atoms with Crippen LogP contribution in [0.4, 0.5) is 0 Å². The molecule has 2 unspecified atom stereocenters. The summed E-state index contributed by atoms with van der Waals surface area (Å²) in [5.74, 6) is 0.911. The lowest BCUT2D eigenvalue weighted by Gasteiger charge is -2.24. The topological polar surface area (TPSA) is 39.7 Å². The second-order valence-electron chi connectivity index (χ2n) is 6.00. The zero-order chi connectivity index (χ0) is 16.5. The Balaban J connectivity index is 1.70. The molecule has 0 aliphatic carbocycles. The van der Waals surface area contributed by atoms with Gasteiger partial charge in [-0.05, 0) is 38.1 Å². The fourth-order valence-corrected chi connectivity index (χ4v) is 3.94. The van der Waals surface area contributed by atoms with Crippen molar-refractivity contribution >= 4 is 17.7 Å². The zero-order valence-corrected chi connectivity index (χ0v) is 15.4. The first-order valence-corrected chi connectivity index (χ1v) is 9.51. The van der Waals surface area contributed by atoms with Crippen LogP contribution in [-0.4, -0.2) is 55.4 Å². The molecule has 1 fully saturated rings. The van der Waals surface area contributed by atoms with Gasteiger partial charge in [-0.1, -0.05) is 32.0 Å². The summed E-state index contributed by atoms with van der Waals surface area (Å²) in [5.41, 5.74) is 0. The highest BCUT2D eigenvalue weighted by molar-refractivity contribution is 8.00. The van der Waals surface area contributed by atoms with Gasteiger partial charge in [0.2, 0.25) is 0 Å². The van der Waals surface area contributed by atoms with Crippen molar-refractivity contribution in [3.63, 3.8) is 0 Å². The zero-order valence-electron chi connectivity index (χ0n) is 14.6. The summed E-state index contributed by atoms with van der Waals surface area (Å²) in [7, 11) is 1.84. The Morgan fingerprint density at radius 3 is 2.83 bits per heavy atom. The molecule has 0 spiro atoms. The van der Waals surface area contributed by atoms with Crippen molar-refractivity contribution in [2.24, 2.45) is 4.99 Å². The lowest BCUT2D eigenvalue weighted by Crippen LogP contribution is -2.46. The van der Waals surface area contributed by atoms with E-state index in [1.54, 1.807) is 0 Å². The van der Waals surface area contributed by atoms with Crippen molar-refractivity contribution in [2.45, 2.75) is 42.9 Å². The number of likely N-dealkylation sites (N-methyl/N-ethyl adjacent to an activating group) is 1. The molecule has 0 radical (unpaired) electrons. The number of likely N-dealkylation sites (tertiary alicyclic amines) is 1. The summed E-state index contributed by atoms with van der Waals surface area (Å²) >= 11 is 1.89. The molecule has 1 aromatic carbocycles. The van der Waals surface area contributed by atoms with E-state index in [9.17, 15) is 0 Å². The van der Waals surface area contributed by atoms with Crippen LogP contribution < -0.4 is 10.6 Å². The number of nitrogens with zero attached hydrogens (tertiary/aromatic N) is 2. The summed E-state index contributed by atoms with van der Waals surface area (Å²) in [6.45, 7) is 8.75. The molecular weight excluding hydrogens is 304 g/mol. The average molecular weight is 335 g/mol. The monoisotopic (exact) mass is 334 g/mol. The van der Waals surface area contributed by atoms with E-state index in [1.807, 2.05) is 18.8 Å². The van der Waals surface area contributed by atoms with Crippen LogP contribution in [0.25, 0.3) is 0 Å². The largest absolute Gasteiger partial charge is 0.355 e. The fourth-order valence-electron chi connectivity index (χ4n) is 2.99. The van der Waals surface area contributed by atoms with Crippen LogP contribution in [0.3, 0.4) is 0 Å². The average Bonchev–Trinajstić information content (AvgIpc) is 3.03. The lowest BCUT2D eigenvalue weighted by atomic mass is 10.2. The first-order chi connectivity index (χ1) is 11.2. The maximum Gasteiger partial charge on any atom is 0.191 e. The molecule has 5 heteroatoms. The molecular formula is C18H30N4S. The SMILES string of the molecule is CCN1CCCC1CNC(=NC)NCC(C)Sc1ccccc1. The van der Waals surface area contributed by atoms with E-state index < -0.39 is 0 Å². The van der Waals surface area contributed by atoms with Crippen molar-refractivity contribution in [3.8, 4) is 0 Å². The number of guanidine groups is 1. The van der Waals surface area contributed by atoms with Gasteiger partial charge in [0, 0.05) is 36.3 Å². The Hall–Kier alpha value is -1.20. The number of hydrogen-bond donors (Lipinski definition) is 2. The fraction of sp³-hybridized carbons (Fsp3) is 0.611. The smallest absolute Gasteiger partial charge is 0.191 e. The Labute approximate surface area is 145 Å². The van der Waals surface area contributed by atoms with Crippen molar-refractivity contribution in [2.75, 3.05) is 33.2 Å². The van der Waals surface area contributed by atoms with Gasteiger partial charge in [-0.15, -0.1) is 11.8 Å². The van der Waals surface area contributed by atoms with E-state index in [0.29, 0.717) is 11.3 Å². The first kappa shape index (κ1) is 18.1. The number of rotatable bonds is 7. The minimum atomic E-state index is 0.495. The van der Waals surface area contributed by atoms with E-state index in [0.717, 1.165) is 25.6 Å². The summed E-state index contributed by atoms with van der Waals surface area (Å²) < 4.78 is 0. The summed E-state index contributed by atoms with van der Waals surface area (Å²) in [6, 6.07) is 11.2. The van der Waals surface area contributed by atoms with Crippen molar-refractivity contribution < 1.29 is 0 Å². The van der Waals surface area contributed by atoms with Gasteiger partial charge in [0.15, 0.2) is 5.96 Å². The van der Waals surface area contributed by atoms with E-state index in [-0.39, 0.29) is 0 Å². The van der Waals surface area contributed by atoms with Crippen molar-refractivity contribution in [1.82, 2.24) is 15.5 Å². The normalized spacial score (nSPS) is 20.5. The van der Waals surface area contributed by atoms with Gasteiger partial charge in [0.1, 0.15) is 0 Å². The number of aliphatic imine (C=N–C) groups is 1. The molecule has 1 aliphatic heterocycles. The van der Waals surface area contributed by atoms with E-state index >= 15 is 0 Å². The molecule has 1 saturated heterocycles. The van der Waals surface area contributed by atoms with Gasteiger partial charge < -0.3 is 10.6 Å². The van der Waals surface area contributed by atoms with Crippen LogP contribution in [0, 0.1) is 0 Å². The van der Waals surface area contributed by atoms with E-state index in [4.69, 9.17) is 0 Å². The van der Waals surface area contributed by atoms with Crippen LogP contribution in [0.1, 0.15) is 26.7 Å². The summed E-state index contributed by atoms with van der Waals surface area (Å²) in [6.07, 6.45) is 2.61. The molecule has 0 amide bonds. The highest BCUT2D eigenvalue weighted by Crippen LogP contribution is 2.21. The molecule has 128 valence electrons. The Morgan fingerprint density at radius 1 is 1.35 bits per heavy atom. The molecule has 1 heterocycles. The minimum absolute atomic E-state index is 0.495. The standard InChI is InChI=1S/C18H30N4S/c1-4-22-12-8-9-16(22)14-21-18(19-3)20-13-15(2)23-17-10-6-5-7-11-17/h5-7,10-11,15-16H,4,8-9,12-14H2,1-3H3,(H2,19,20,21). The molecule has 2 rings (SSSR count). The van der Waals surface area contributed by atoms with Gasteiger partial charge in [0.05, 0.1) is 0 Å². The maximum absolute atomic E-state index is 4.35. The van der Waals surface area contributed by atoms with Crippen molar-refractivity contribution in [1.29, 1.82) is 0 Å². The highest BCUT2D eigenvalue weighted by Gasteiger charge is 2.22. The lowest BCUT2D eigenvalue weighted by molar-refractivity contribution is 0.267. The van der Waals surface area contributed by atoms with Gasteiger partial charge in [0.25, 0.3) is 0 Å². The molecule has 2 N–H and O–H groups in total. The third-order valence-electron chi connectivity index (χ3n) is 4.27. The molecule has 23 heavy (non-hydrogen) atoms. The predicted octanol–water partition coefficient (Wildman–Crippen LogP) is 2.82. The third-order valence-corrected chi connectivity index (χ3v) is 5.38. The van der Waals surface area contributed by atoms with Gasteiger partial charge in [-0.2, -0.15) is 0 Å². The summed E-state index contributed by atoms with van der Waals surface area (Å²) in [4.78, 5) is 8.21. The number of nitrogens with one attached hydrogen (secondary N) is 2. The summed E-state index contributed by atoms with van der Waals surface area (Å²) in [5, 5.41) is 7.42. The molecule has 0 saturated carbocycles. The van der Waals surface area contributed by atoms with E-state index in [2.05, 4.69) is 64.7 Å². The second-order valence-corrected chi connectivity index (χ2v) is 7.51. The number of thioether (sulfide) groups is 1. The quantitative estimate of drug-likeness (QED) is 0.457. The van der Waals surface area contributed by atoms with Gasteiger partial charge >= 0.3 is 0 Å². The number of benzene rings is 1. The Kier molecular flexibility index (Phi) is 7.76. The maximum atomic E-state index is 4.35. The number of hydrogen-bond acceptors (Lipinski definition) is 3. The van der Waals surface area contributed by atoms with Crippen molar-refractivity contribution in [3.05, 3.63) is 30.3 Å². The Morgan fingerprint density at radius 2 is 2.13 bits per heavy atom. The molecule has 2 atom stereocenters. The molecule has 0 aromatic heterocycles. The predicted molar refractivity (Wildman–Crippen MR) is 101 cm³/mol. The third kappa shape index (κ3) is 6.07. The van der Waals surface area contributed by atoms with Crippen LogP contribution in [0.2, 0.25) is 0 Å². The first-order valence-electron chi connectivity index (χ1n) is 8.63. The van der Waals surface area contributed by atoms with Crippen LogP contribution >= 0.6 is 11.8 Å². The van der Waals surface area contributed by atoms with Crippen LogP contribution in [0.5, 0.6) is 0 Å².